The fraction of sp³-hybridized carbons (Fsp3) is 0.333. The van der Waals surface area contributed by atoms with Gasteiger partial charge in [-0.1, -0.05) is 48.5 Å². The average molecular weight is 331 g/mol. The van der Waals surface area contributed by atoms with Crippen molar-refractivity contribution in [1.82, 2.24) is 5.32 Å². The van der Waals surface area contributed by atoms with Crippen LogP contribution in [0.25, 0.3) is 0 Å². The standard InChI is InChI=1S/C18H21NO3S/c20-23(21)11-10-17(14-23)19-12-16-8-4-5-9-18(16)22-13-15-6-2-1-3-7-15/h1-9,17,19H,10-14H2. The normalized spacial score (nSPS) is 19.6. The second-order valence-electron chi connectivity index (χ2n) is 5.86. The minimum Gasteiger partial charge on any atom is -0.489 e. The molecule has 0 aliphatic carbocycles. The third-order valence-corrected chi connectivity index (χ3v) is 5.79. The van der Waals surface area contributed by atoms with Gasteiger partial charge in [-0.25, -0.2) is 8.42 Å². The molecule has 1 heterocycles. The third kappa shape index (κ3) is 4.56. The highest BCUT2D eigenvalue weighted by atomic mass is 32.2. The molecule has 2 aromatic rings. The summed E-state index contributed by atoms with van der Waals surface area (Å²) in [6, 6.07) is 18.0. The SMILES string of the molecule is O=S1(=O)CCC(NCc2ccccc2OCc2ccccc2)C1. The molecule has 0 bridgehead atoms. The van der Waals surface area contributed by atoms with Crippen LogP contribution in [0.5, 0.6) is 5.75 Å². The second kappa shape index (κ2) is 7.15. The summed E-state index contributed by atoms with van der Waals surface area (Å²) in [5, 5.41) is 3.33. The van der Waals surface area contributed by atoms with Crippen molar-refractivity contribution in [2.24, 2.45) is 0 Å². The van der Waals surface area contributed by atoms with E-state index in [0.29, 0.717) is 19.6 Å². The molecule has 0 spiro atoms. The summed E-state index contributed by atoms with van der Waals surface area (Å²) in [7, 11) is -2.85. The zero-order valence-electron chi connectivity index (χ0n) is 12.9. The molecule has 122 valence electrons. The van der Waals surface area contributed by atoms with Crippen molar-refractivity contribution < 1.29 is 13.2 Å². The Morgan fingerprint density at radius 2 is 1.78 bits per heavy atom. The average Bonchev–Trinajstić information content (AvgIpc) is 2.92. The number of nitrogens with one attached hydrogen (secondary N) is 1. The molecule has 1 aliphatic rings. The molecular weight excluding hydrogens is 310 g/mol. The number of benzene rings is 2. The van der Waals surface area contributed by atoms with Crippen LogP contribution in [-0.4, -0.2) is 26.0 Å². The number of hydrogen-bond donors (Lipinski definition) is 1. The lowest BCUT2D eigenvalue weighted by Crippen LogP contribution is -2.29. The van der Waals surface area contributed by atoms with Gasteiger partial charge in [-0.15, -0.1) is 0 Å². The van der Waals surface area contributed by atoms with E-state index in [1.807, 2.05) is 54.6 Å². The molecule has 0 amide bonds. The number of sulfone groups is 1. The number of ether oxygens (including phenoxy) is 1. The maximum atomic E-state index is 11.5. The Morgan fingerprint density at radius 1 is 1.04 bits per heavy atom. The van der Waals surface area contributed by atoms with Crippen LogP contribution in [0.2, 0.25) is 0 Å². The van der Waals surface area contributed by atoms with Crippen LogP contribution < -0.4 is 10.1 Å². The Kier molecular flexibility index (Phi) is 4.98. The smallest absolute Gasteiger partial charge is 0.151 e. The molecule has 5 heteroatoms. The van der Waals surface area contributed by atoms with Crippen LogP contribution in [-0.2, 0) is 23.0 Å². The number of para-hydroxylation sites is 1. The lowest BCUT2D eigenvalue weighted by Gasteiger charge is -2.14. The number of hydrogen-bond acceptors (Lipinski definition) is 4. The van der Waals surface area contributed by atoms with Gasteiger partial charge in [0.05, 0.1) is 11.5 Å². The van der Waals surface area contributed by atoms with Crippen molar-refractivity contribution in [3.05, 3.63) is 65.7 Å². The highest BCUT2D eigenvalue weighted by Gasteiger charge is 2.27. The highest BCUT2D eigenvalue weighted by molar-refractivity contribution is 7.91. The minimum absolute atomic E-state index is 0.0437. The van der Waals surface area contributed by atoms with Gasteiger partial charge in [0.2, 0.25) is 0 Å². The van der Waals surface area contributed by atoms with Crippen molar-refractivity contribution in [1.29, 1.82) is 0 Å². The van der Waals surface area contributed by atoms with E-state index < -0.39 is 9.84 Å². The molecule has 1 saturated heterocycles. The molecule has 0 radical (unpaired) electrons. The Morgan fingerprint density at radius 3 is 2.52 bits per heavy atom. The molecule has 4 nitrogen and oxygen atoms in total. The van der Waals surface area contributed by atoms with E-state index >= 15 is 0 Å². The largest absolute Gasteiger partial charge is 0.489 e. The first-order chi connectivity index (χ1) is 11.1. The van der Waals surface area contributed by atoms with Crippen molar-refractivity contribution in [3.8, 4) is 5.75 Å². The van der Waals surface area contributed by atoms with E-state index in [0.717, 1.165) is 16.9 Å². The first-order valence-corrected chi connectivity index (χ1v) is 9.63. The van der Waals surface area contributed by atoms with Crippen LogP contribution in [0, 0.1) is 0 Å². The monoisotopic (exact) mass is 331 g/mol. The predicted octanol–water partition coefficient (Wildman–Crippen LogP) is 2.54. The van der Waals surface area contributed by atoms with E-state index in [9.17, 15) is 8.42 Å². The Bertz CT molecular complexity index is 744. The number of rotatable bonds is 6. The second-order valence-corrected chi connectivity index (χ2v) is 8.09. The lowest BCUT2D eigenvalue weighted by atomic mass is 10.1. The Hall–Kier alpha value is -1.85. The first-order valence-electron chi connectivity index (χ1n) is 7.81. The van der Waals surface area contributed by atoms with E-state index in [4.69, 9.17) is 4.74 Å². The highest BCUT2D eigenvalue weighted by Crippen LogP contribution is 2.20. The molecule has 3 rings (SSSR count). The molecule has 1 fully saturated rings. The van der Waals surface area contributed by atoms with Gasteiger partial charge in [0.15, 0.2) is 9.84 Å². The zero-order chi connectivity index (χ0) is 16.1. The fourth-order valence-corrected chi connectivity index (χ4v) is 4.44. The molecule has 0 aromatic heterocycles. The molecule has 0 saturated carbocycles. The minimum atomic E-state index is -2.85. The van der Waals surface area contributed by atoms with E-state index in [2.05, 4.69) is 5.32 Å². The molecule has 1 unspecified atom stereocenters. The van der Waals surface area contributed by atoms with Crippen molar-refractivity contribution >= 4 is 9.84 Å². The quantitative estimate of drug-likeness (QED) is 0.884. The summed E-state index contributed by atoms with van der Waals surface area (Å²) >= 11 is 0. The van der Waals surface area contributed by atoms with Crippen LogP contribution in [0.15, 0.2) is 54.6 Å². The van der Waals surface area contributed by atoms with Gasteiger partial charge in [0, 0.05) is 18.2 Å². The van der Waals surface area contributed by atoms with Gasteiger partial charge in [-0.2, -0.15) is 0 Å². The topological polar surface area (TPSA) is 55.4 Å². The Labute approximate surface area is 137 Å². The van der Waals surface area contributed by atoms with Crippen LogP contribution in [0.1, 0.15) is 17.5 Å². The maximum absolute atomic E-state index is 11.5. The molecule has 1 N–H and O–H groups in total. The van der Waals surface area contributed by atoms with Gasteiger partial charge < -0.3 is 10.1 Å². The van der Waals surface area contributed by atoms with Crippen molar-refractivity contribution in [2.45, 2.75) is 25.6 Å². The summed E-state index contributed by atoms with van der Waals surface area (Å²) < 4.78 is 28.9. The van der Waals surface area contributed by atoms with Crippen LogP contribution in [0.3, 0.4) is 0 Å². The zero-order valence-corrected chi connectivity index (χ0v) is 13.8. The van der Waals surface area contributed by atoms with Gasteiger partial charge in [-0.05, 0) is 18.1 Å². The van der Waals surface area contributed by atoms with Crippen LogP contribution >= 0.6 is 0 Å². The fourth-order valence-electron chi connectivity index (χ4n) is 2.74. The summed E-state index contributed by atoms with van der Waals surface area (Å²) in [6.07, 6.45) is 0.690. The van der Waals surface area contributed by atoms with Gasteiger partial charge in [0.25, 0.3) is 0 Å². The molecule has 23 heavy (non-hydrogen) atoms. The summed E-state index contributed by atoms with van der Waals surface area (Å²) in [6.45, 7) is 1.14. The first kappa shape index (κ1) is 16.0. The summed E-state index contributed by atoms with van der Waals surface area (Å²) in [5.41, 5.74) is 2.17. The van der Waals surface area contributed by atoms with Gasteiger partial charge in [0.1, 0.15) is 12.4 Å². The van der Waals surface area contributed by atoms with E-state index in [-0.39, 0.29) is 17.5 Å². The molecular formula is C18H21NO3S. The lowest BCUT2D eigenvalue weighted by molar-refractivity contribution is 0.301. The van der Waals surface area contributed by atoms with Crippen molar-refractivity contribution in [3.63, 3.8) is 0 Å². The van der Waals surface area contributed by atoms with Crippen LogP contribution in [0.4, 0.5) is 0 Å². The molecule has 2 aromatic carbocycles. The van der Waals surface area contributed by atoms with E-state index in [1.165, 1.54) is 0 Å². The Balaban J connectivity index is 1.59. The maximum Gasteiger partial charge on any atom is 0.151 e. The summed E-state index contributed by atoms with van der Waals surface area (Å²) in [5.74, 6) is 1.36. The summed E-state index contributed by atoms with van der Waals surface area (Å²) in [4.78, 5) is 0. The molecule has 1 aliphatic heterocycles. The van der Waals surface area contributed by atoms with E-state index in [1.54, 1.807) is 0 Å². The third-order valence-electron chi connectivity index (χ3n) is 4.02. The van der Waals surface area contributed by atoms with Crippen molar-refractivity contribution in [2.75, 3.05) is 11.5 Å². The van der Waals surface area contributed by atoms with Gasteiger partial charge >= 0.3 is 0 Å². The molecule has 1 atom stereocenters. The van der Waals surface area contributed by atoms with Gasteiger partial charge in [-0.3, -0.25) is 0 Å². The predicted molar refractivity (Wildman–Crippen MR) is 91.1 cm³/mol.